The fraction of sp³-hybridized carbons (Fsp3) is 0.417. The number of amides is 1. The molecule has 0 saturated heterocycles. The number of benzene rings is 1. The second-order valence-corrected chi connectivity index (χ2v) is 5.23. The van der Waals surface area contributed by atoms with Gasteiger partial charge in [0.25, 0.3) is 0 Å². The highest BCUT2D eigenvalue weighted by atomic mass is 79.9. The minimum atomic E-state index is 0.149. The Labute approximate surface area is 104 Å². The molecule has 1 heterocycles. The first kappa shape index (κ1) is 11.5. The van der Waals surface area contributed by atoms with Gasteiger partial charge in [-0.25, -0.2) is 0 Å². The predicted octanol–water partition coefficient (Wildman–Crippen LogP) is 2.92. The highest BCUT2D eigenvalue weighted by Gasteiger charge is 2.23. The molecule has 2 rings (SSSR count). The molecule has 0 aliphatic carbocycles. The third-order valence-corrected chi connectivity index (χ3v) is 3.34. The monoisotopic (exact) mass is 282 g/mol. The molecule has 1 unspecified atom stereocenters. The fourth-order valence-corrected chi connectivity index (χ4v) is 2.57. The Hall–Kier alpha value is -1.03. The van der Waals surface area contributed by atoms with E-state index in [0.29, 0.717) is 6.42 Å². The zero-order valence-electron chi connectivity index (χ0n) is 9.67. The first-order valence-corrected chi connectivity index (χ1v) is 6.11. The topological polar surface area (TPSA) is 32.3 Å². The number of anilines is 2. The molecule has 0 bridgehead atoms. The lowest BCUT2D eigenvalue weighted by molar-refractivity contribution is -0.118. The zero-order chi connectivity index (χ0) is 11.9. The number of hydrogen-bond acceptors (Lipinski definition) is 2. The van der Waals surface area contributed by atoms with Crippen molar-refractivity contribution < 1.29 is 4.79 Å². The van der Waals surface area contributed by atoms with Crippen LogP contribution in [0.2, 0.25) is 0 Å². The van der Waals surface area contributed by atoms with Gasteiger partial charge in [0.05, 0.1) is 11.4 Å². The van der Waals surface area contributed by atoms with Gasteiger partial charge in [0.15, 0.2) is 0 Å². The van der Waals surface area contributed by atoms with E-state index < -0.39 is 0 Å². The lowest BCUT2D eigenvalue weighted by atomic mass is 10.1. The molecule has 0 fully saturated rings. The van der Waals surface area contributed by atoms with E-state index in [-0.39, 0.29) is 11.9 Å². The van der Waals surface area contributed by atoms with Gasteiger partial charge >= 0.3 is 0 Å². The Morgan fingerprint density at radius 2 is 2.19 bits per heavy atom. The minimum Gasteiger partial charge on any atom is -0.380 e. The van der Waals surface area contributed by atoms with E-state index in [1.165, 1.54) is 0 Å². The standard InChI is InChI=1S/C12H15BrN2O/c1-7-4-9(13)6-10-12(7)14-8(2)5-11(16)15(10)3/h4,6,8,14H,5H2,1-3H3. The molecule has 1 N–H and O–H groups in total. The predicted molar refractivity (Wildman–Crippen MR) is 70.0 cm³/mol. The normalized spacial score (nSPS) is 20.1. The number of carbonyl (C=O) groups excluding carboxylic acids is 1. The Bertz CT molecular complexity index is 445. The van der Waals surface area contributed by atoms with Crippen LogP contribution in [0.3, 0.4) is 0 Å². The summed E-state index contributed by atoms with van der Waals surface area (Å²) in [5.74, 6) is 0.149. The quantitative estimate of drug-likeness (QED) is 0.794. The van der Waals surface area contributed by atoms with Crippen LogP contribution in [0.5, 0.6) is 0 Å². The molecule has 4 heteroatoms. The summed E-state index contributed by atoms with van der Waals surface area (Å²) >= 11 is 3.46. The Kier molecular flexibility index (Phi) is 2.93. The SMILES string of the molecule is Cc1cc(Br)cc2c1NC(C)CC(=O)N2C. The third kappa shape index (κ3) is 1.94. The van der Waals surface area contributed by atoms with E-state index >= 15 is 0 Å². The van der Waals surface area contributed by atoms with Crippen LogP contribution in [0.25, 0.3) is 0 Å². The van der Waals surface area contributed by atoms with Crippen molar-refractivity contribution in [1.29, 1.82) is 0 Å². The molecule has 0 saturated carbocycles. The largest absolute Gasteiger partial charge is 0.380 e. The molecular formula is C12H15BrN2O. The molecule has 1 aromatic carbocycles. The molecular weight excluding hydrogens is 268 g/mol. The van der Waals surface area contributed by atoms with E-state index in [2.05, 4.69) is 27.3 Å². The lowest BCUT2D eigenvalue weighted by Crippen LogP contribution is -2.27. The van der Waals surface area contributed by atoms with Crippen LogP contribution in [-0.2, 0) is 4.79 Å². The summed E-state index contributed by atoms with van der Waals surface area (Å²) in [6, 6.07) is 4.21. The van der Waals surface area contributed by atoms with Gasteiger partial charge in [0.1, 0.15) is 0 Å². The van der Waals surface area contributed by atoms with Crippen LogP contribution < -0.4 is 10.2 Å². The van der Waals surface area contributed by atoms with Gasteiger partial charge in [-0.15, -0.1) is 0 Å². The summed E-state index contributed by atoms with van der Waals surface area (Å²) in [6.07, 6.45) is 0.530. The van der Waals surface area contributed by atoms with Crippen molar-refractivity contribution in [3.05, 3.63) is 22.2 Å². The van der Waals surface area contributed by atoms with E-state index in [9.17, 15) is 4.79 Å². The first-order chi connectivity index (χ1) is 7.49. The average molecular weight is 283 g/mol. The second-order valence-electron chi connectivity index (χ2n) is 4.32. The number of nitrogens with one attached hydrogen (secondary N) is 1. The smallest absolute Gasteiger partial charge is 0.228 e. The third-order valence-electron chi connectivity index (χ3n) is 2.89. The maximum atomic E-state index is 11.9. The van der Waals surface area contributed by atoms with E-state index in [4.69, 9.17) is 0 Å². The van der Waals surface area contributed by atoms with Crippen molar-refractivity contribution in [3.63, 3.8) is 0 Å². The summed E-state index contributed by atoms with van der Waals surface area (Å²) in [5.41, 5.74) is 3.16. The van der Waals surface area contributed by atoms with Gasteiger partial charge in [-0.1, -0.05) is 15.9 Å². The van der Waals surface area contributed by atoms with Crippen molar-refractivity contribution >= 4 is 33.2 Å². The van der Waals surface area contributed by atoms with Gasteiger partial charge < -0.3 is 10.2 Å². The zero-order valence-corrected chi connectivity index (χ0v) is 11.3. The first-order valence-electron chi connectivity index (χ1n) is 5.32. The molecule has 1 aliphatic heterocycles. The number of carbonyl (C=O) groups is 1. The summed E-state index contributed by atoms with van der Waals surface area (Å²) in [4.78, 5) is 13.6. The molecule has 0 spiro atoms. The second kappa shape index (κ2) is 4.09. The fourth-order valence-electron chi connectivity index (χ4n) is 2.01. The number of hydrogen-bond donors (Lipinski definition) is 1. The van der Waals surface area contributed by atoms with Crippen molar-refractivity contribution in [2.24, 2.45) is 0 Å². The highest BCUT2D eigenvalue weighted by Crippen LogP contribution is 2.35. The molecule has 86 valence electrons. The van der Waals surface area contributed by atoms with Crippen LogP contribution >= 0.6 is 15.9 Å². The summed E-state index contributed by atoms with van der Waals surface area (Å²) in [5, 5.41) is 3.40. The minimum absolute atomic E-state index is 0.149. The average Bonchev–Trinajstić information content (AvgIpc) is 2.29. The lowest BCUT2D eigenvalue weighted by Gasteiger charge is -2.19. The number of fused-ring (bicyclic) bond motifs is 1. The van der Waals surface area contributed by atoms with Crippen LogP contribution in [0, 0.1) is 6.92 Å². The van der Waals surface area contributed by atoms with Crippen LogP contribution in [-0.4, -0.2) is 19.0 Å². The van der Waals surface area contributed by atoms with Gasteiger partial charge in [0, 0.05) is 24.0 Å². The molecule has 1 aromatic rings. The van der Waals surface area contributed by atoms with Crippen molar-refractivity contribution in [3.8, 4) is 0 Å². The Balaban J connectivity index is 2.59. The van der Waals surface area contributed by atoms with Crippen LogP contribution in [0.4, 0.5) is 11.4 Å². The van der Waals surface area contributed by atoms with Gasteiger partial charge in [0.2, 0.25) is 5.91 Å². The van der Waals surface area contributed by atoms with Crippen molar-refractivity contribution in [2.45, 2.75) is 26.3 Å². The molecule has 1 atom stereocenters. The van der Waals surface area contributed by atoms with E-state index in [1.54, 1.807) is 4.90 Å². The maximum absolute atomic E-state index is 11.9. The Morgan fingerprint density at radius 3 is 2.88 bits per heavy atom. The molecule has 16 heavy (non-hydrogen) atoms. The maximum Gasteiger partial charge on any atom is 0.228 e. The van der Waals surface area contributed by atoms with Crippen LogP contribution in [0.15, 0.2) is 16.6 Å². The summed E-state index contributed by atoms with van der Waals surface area (Å²) < 4.78 is 1.000. The van der Waals surface area contributed by atoms with Gasteiger partial charge in [-0.05, 0) is 31.5 Å². The van der Waals surface area contributed by atoms with E-state index in [1.807, 2.05) is 27.0 Å². The molecule has 0 aromatic heterocycles. The highest BCUT2D eigenvalue weighted by molar-refractivity contribution is 9.10. The number of rotatable bonds is 0. The number of nitrogens with zero attached hydrogens (tertiary/aromatic N) is 1. The van der Waals surface area contributed by atoms with Crippen molar-refractivity contribution in [2.75, 3.05) is 17.3 Å². The summed E-state index contributed by atoms with van der Waals surface area (Å²) in [7, 11) is 1.83. The van der Waals surface area contributed by atoms with E-state index in [0.717, 1.165) is 21.4 Å². The molecule has 1 amide bonds. The summed E-state index contributed by atoms with van der Waals surface area (Å²) in [6.45, 7) is 4.08. The van der Waals surface area contributed by atoms with Gasteiger partial charge in [-0.3, -0.25) is 4.79 Å². The number of aryl methyl sites for hydroxylation is 1. The van der Waals surface area contributed by atoms with Crippen molar-refractivity contribution in [1.82, 2.24) is 0 Å². The number of halogens is 1. The Morgan fingerprint density at radius 1 is 1.50 bits per heavy atom. The molecule has 3 nitrogen and oxygen atoms in total. The molecule has 0 radical (unpaired) electrons. The molecule has 1 aliphatic rings. The van der Waals surface area contributed by atoms with Gasteiger partial charge in [-0.2, -0.15) is 0 Å². The van der Waals surface area contributed by atoms with Crippen LogP contribution in [0.1, 0.15) is 18.9 Å².